The molecule has 0 aromatic carbocycles. The molecule has 0 aliphatic heterocycles. The van der Waals surface area contributed by atoms with Crippen molar-refractivity contribution in [2.45, 2.75) is 328 Å². The number of carbonyl (C=O) groups is 2. The monoisotopic (exact) mass is 1000 g/mol. The summed E-state index contributed by atoms with van der Waals surface area (Å²) in [5, 5.41) is 9.66. The Kier molecular flexibility index (Phi) is 60.3. The fraction of sp³-hybridized carbons (Fsp3) is 0.791. The van der Waals surface area contributed by atoms with Crippen LogP contribution in [0, 0.1) is 0 Å². The highest BCUT2D eigenvalue weighted by molar-refractivity contribution is 5.70. The van der Waals surface area contributed by atoms with Crippen molar-refractivity contribution in [3.63, 3.8) is 0 Å². The van der Waals surface area contributed by atoms with Crippen LogP contribution < -0.4 is 0 Å². The normalized spacial score (nSPS) is 12.7. The van der Waals surface area contributed by atoms with E-state index < -0.39 is 6.10 Å². The maximum absolute atomic E-state index is 12.3. The van der Waals surface area contributed by atoms with Gasteiger partial charge in [0.05, 0.1) is 6.61 Å². The number of aliphatic hydroxyl groups excluding tert-OH is 1. The van der Waals surface area contributed by atoms with E-state index >= 15 is 0 Å². The number of unbranched alkanes of at least 4 members (excludes halogenated alkanes) is 38. The Bertz CT molecular complexity index is 1270. The van der Waals surface area contributed by atoms with Gasteiger partial charge in [0.15, 0.2) is 6.10 Å². The first-order chi connectivity index (χ1) is 35.6. The number of rotatable bonds is 58. The summed E-state index contributed by atoms with van der Waals surface area (Å²) in [6.45, 7) is 4.07. The lowest BCUT2D eigenvalue weighted by Gasteiger charge is -2.15. The molecule has 0 amide bonds. The summed E-state index contributed by atoms with van der Waals surface area (Å²) in [7, 11) is 0. The number of allylic oxidation sites excluding steroid dienone is 12. The largest absolute Gasteiger partial charge is 0.462 e. The molecule has 1 N–H and O–H groups in total. The Morgan fingerprint density at radius 2 is 0.597 bits per heavy atom. The molecule has 0 heterocycles. The van der Waals surface area contributed by atoms with E-state index in [0.717, 1.165) is 70.6 Å². The zero-order valence-corrected chi connectivity index (χ0v) is 47.9. The summed E-state index contributed by atoms with van der Waals surface area (Å²) in [5.41, 5.74) is 0. The van der Waals surface area contributed by atoms with Crippen molar-refractivity contribution >= 4 is 11.9 Å². The first-order valence-corrected chi connectivity index (χ1v) is 31.5. The summed E-state index contributed by atoms with van der Waals surface area (Å²) < 4.78 is 10.7. The first-order valence-electron chi connectivity index (χ1n) is 31.5. The van der Waals surface area contributed by atoms with Crippen LogP contribution in [0.4, 0.5) is 0 Å². The van der Waals surface area contributed by atoms with Gasteiger partial charge >= 0.3 is 11.9 Å². The molecule has 72 heavy (non-hydrogen) atoms. The molecule has 0 aromatic heterocycles. The third kappa shape index (κ3) is 59.9. The third-order valence-electron chi connectivity index (χ3n) is 14.0. The van der Waals surface area contributed by atoms with Gasteiger partial charge in [-0.1, -0.05) is 318 Å². The summed E-state index contributed by atoms with van der Waals surface area (Å²) in [6, 6.07) is 0. The summed E-state index contributed by atoms with van der Waals surface area (Å²) in [5.74, 6) is -0.572. The lowest BCUT2D eigenvalue weighted by Crippen LogP contribution is -2.28. The fourth-order valence-electron chi connectivity index (χ4n) is 9.33. The average Bonchev–Trinajstić information content (AvgIpc) is 3.38. The SMILES string of the molecule is CC/C=C\C/C=C\C/C=C\C/C=C\C/C=C\C/C=C\CCCCCCCCCCCCCCCCCCCCCCCCC(=O)OC(CO)COC(=O)CCCCCCCCCCCCCCCCCCC. The van der Waals surface area contributed by atoms with E-state index in [2.05, 4.69) is 86.8 Å². The molecular formula is C67H120O5. The second kappa shape index (κ2) is 62.6. The van der Waals surface area contributed by atoms with Gasteiger partial charge in [-0.25, -0.2) is 0 Å². The molecule has 0 saturated heterocycles. The van der Waals surface area contributed by atoms with Gasteiger partial charge < -0.3 is 14.6 Å². The number of hydrogen-bond donors (Lipinski definition) is 1. The number of hydrogen-bond acceptors (Lipinski definition) is 5. The van der Waals surface area contributed by atoms with Crippen LogP contribution in [0.1, 0.15) is 322 Å². The molecule has 0 fully saturated rings. The Balaban J connectivity index is 3.41. The third-order valence-corrected chi connectivity index (χ3v) is 14.0. The first kappa shape index (κ1) is 69.3. The van der Waals surface area contributed by atoms with Gasteiger partial charge in [-0.2, -0.15) is 0 Å². The van der Waals surface area contributed by atoms with E-state index in [1.54, 1.807) is 0 Å². The molecule has 0 saturated carbocycles. The van der Waals surface area contributed by atoms with Crippen LogP contribution >= 0.6 is 0 Å². The molecule has 5 heteroatoms. The predicted octanol–water partition coefficient (Wildman–Crippen LogP) is 21.5. The highest BCUT2D eigenvalue weighted by Crippen LogP contribution is 2.18. The van der Waals surface area contributed by atoms with Crippen molar-refractivity contribution in [2.24, 2.45) is 0 Å². The molecular weight excluding hydrogens is 885 g/mol. The molecule has 0 rings (SSSR count). The lowest BCUT2D eigenvalue weighted by atomic mass is 10.0. The maximum Gasteiger partial charge on any atom is 0.306 e. The Labute approximate surface area is 448 Å². The number of ether oxygens (including phenoxy) is 2. The average molecular weight is 1010 g/mol. The number of esters is 2. The minimum atomic E-state index is -0.769. The summed E-state index contributed by atoms with van der Waals surface area (Å²) >= 11 is 0. The predicted molar refractivity (Wildman–Crippen MR) is 316 cm³/mol. The minimum absolute atomic E-state index is 0.0604. The lowest BCUT2D eigenvalue weighted by molar-refractivity contribution is -0.161. The van der Waals surface area contributed by atoms with Gasteiger partial charge in [0, 0.05) is 12.8 Å². The van der Waals surface area contributed by atoms with E-state index in [9.17, 15) is 14.7 Å². The van der Waals surface area contributed by atoms with Crippen molar-refractivity contribution in [2.75, 3.05) is 13.2 Å². The number of aliphatic hydroxyl groups is 1. The van der Waals surface area contributed by atoms with Gasteiger partial charge in [-0.05, 0) is 64.2 Å². The fourth-order valence-corrected chi connectivity index (χ4v) is 9.33. The van der Waals surface area contributed by atoms with Crippen molar-refractivity contribution < 1.29 is 24.2 Å². The number of carbonyl (C=O) groups excluding carboxylic acids is 2. The van der Waals surface area contributed by atoms with Gasteiger partial charge in [0.25, 0.3) is 0 Å². The van der Waals surface area contributed by atoms with Crippen LogP contribution in [0.2, 0.25) is 0 Å². The van der Waals surface area contributed by atoms with Crippen molar-refractivity contribution in [3.8, 4) is 0 Å². The Hall–Kier alpha value is -2.66. The van der Waals surface area contributed by atoms with Crippen molar-refractivity contribution in [3.05, 3.63) is 72.9 Å². The molecule has 1 unspecified atom stereocenters. The summed E-state index contributed by atoms with van der Waals surface area (Å²) in [6.07, 6.45) is 86.3. The maximum atomic E-state index is 12.3. The van der Waals surface area contributed by atoms with Crippen LogP contribution in [0.5, 0.6) is 0 Å². The molecule has 418 valence electrons. The smallest absolute Gasteiger partial charge is 0.306 e. The molecule has 0 aromatic rings. The van der Waals surface area contributed by atoms with Gasteiger partial charge in [-0.15, -0.1) is 0 Å². The topological polar surface area (TPSA) is 72.8 Å². The molecule has 1 atom stereocenters. The quantitative estimate of drug-likeness (QED) is 0.0373. The Morgan fingerprint density at radius 1 is 0.333 bits per heavy atom. The molecule has 0 radical (unpaired) electrons. The second-order valence-electron chi connectivity index (χ2n) is 21.1. The van der Waals surface area contributed by atoms with Crippen LogP contribution in [-0.4, -0.2) is 36.4 Å². The molecule has 0 aliphatic carbocycles. The van der Waals surface area contributed by atoms with Gasteiger partial charge in [0.2, 0.25) is 0 Å². The highest BCUT2D eigenvalue weighted by atomic mass is 16.6. The van der Waals surface area contributed by atoms with Crippen LogP contribution in [-0.2, 0) is 19.1 Å². The van der Waals surface area contributed by atoms with E-state index in [1.807, 2.05) is 0 Å². The van der Waals surface area contributed by atoms with E-state index in [4.69, 9.17) is 9.47 Å². The Morgan fingerprint density at radius 3 is 0.903 bits per heavy atom. The van der Waals surface area contributed by atoms with E-state index in [-0.39, 0.29) is 25.2 Å². The van der Waals surface area contributed by atoms with Gasteiger partial charge in [-0.3, -0.25) is 9.59 Å². The van der Waals surface area contributed by atoms with Gasteiger partial charge in [0.1, 0.15) is 6.61 Å². The van der Waals surface area contributed by atoms with Crippen molar-refractivity contribution in [1.82, 2.24) is 0 Å². The molecule has 5 nitrogen and oxygen atoms in total. The van der Waals surface area contributed by atoms with E-state index in [0.29, 0.717) is 12.8 Å². The summed E-state index contributed by atoms with van der Waals surface area (Å²) in [4.78, 5) is 24.5. The minimum Gasteiger partial charge on any atom is -0.462 e. The molecule has 0 aliphatic rings. The zero-order valence-electron chi connectivity index (χ0n) is 47.9. The van der Waals surface area contributed by atoms with E-state index in [1.165, 1.54) is 225 Å². The van der Waals surface area contributed by atoms with Crippen molar-refractivity contribution in [1.29, 1.82) is 0 Å². The highest BCUT2D eigenvalue weighted by Gasteiger charge is 2.16. The van der Waals surface area contributed by atoms with Crippen LogP contribution in [0.3, 0.4) is 0 Å². The molecule has 0 spiro atoms. The van der Waals surface area contributed by atoms with Crippen LogP contribution in [0.15, 0.2) is 72.9 Å². The standard InChI is InChI=1S/C67H120O5/c1-3-5-7-9-11-13-15-17-19-21-22-23-24-25-26-27-28-29-30-31-32-33-34-35-36-37-38-39-40-41-42-43-44-46-48-50-52-54-56-58-60-62-67(70)72-65(63-68)64-71-66(69)61-59-57-55-53-51-49-47-45-20-18-16-14-12-10-8-6-4-2/h5,7,11,13,17,19,22-23,25-26,28-29,65,68H,3-4,6,8-10,12,14-16,18,20-21,24,27,30-64H2,1-2H3/b7-5-,13-11-,19-17-,23-22-,26-25-,29-28-. The molecule has 0 bridgehead atoms. The second-order valence-corrected chi connectivity index (χ2v) is 21.1. The van der Waals surface area contributed by atoms with Crippen LogP contribution in [0.25, 0.3) is 0 Å². The zero-order chi connectivity index (χ0) is 52.0.